The fourth-order valence-corrected chi connectivity index (χ4v) is 4.92. The van der Waals surface area contributed by atoms with Crippen molar-refractivity contribution in [2.45, 2.75) is 82.2 Å². The molecule has 0 aromatic heterocycles. The first kappa shape index (κ1) is 20.7. The van der Waals surface area contributed by atoms with E-state index in [1.54, 1.807) is 0 Å². The lowest BCUT2D eigenvalue weighted by Gasteiger charge is -2.34. The summed E-state index contributed by atoms with van der Waals surface area (Å²) in [6, 6.07) is 0. The van der Waals surface area contributed by atoms with Crippen LogP contribution in [0.1, 0.15) is 57.8 Å². The second kappa shape index (κ2) is 9.98. The maximum absolute atomic E-state index is 10.9. The Bertz CT molecular complexity index is 503. The van der Waals surface area contributed by atoms with Crippen LogP contribution in [-0.2, 0) is 28.4 Å². The molecule has 4 fully saturated rings. The average molecular weight is 412 g/mol. The van der Waals surface area contributed by atoms with Gasteiger partial charge in [0.25, 0.3) is 0 Å². The van der Waals surface area contributed by atoms with Gasteiger partial charge in [-0.2, -0.15) is 0 Å². The topological polar surface area (TPSA) is 89.5 Å². The number of ether oxygens (including phenoxy) is 6. The number of rotatable bonds is 8. The van der Waals surface area contributed by atoms with Gasteiger partial charge < -0.3 is 28.4 Å². The van der Waals surface area contributed by atoms with Gasteiger partial charge in [-0.25, -0.2) is 9.59 Å². The average Bonchev–Trinajstić information content (AvgIpc) is 3.35. The zero-order valence-corrected chi connectivity index (χ0v) is 16.9. The van der Waals surface area contributed by atoms with Gasteiger partial charge in [-0.15, -0.1) is 0 Å². The minimum atomic E-state index is -0.585. The molecular formula is C21H32O8. The largest absolute Gasteiger partial charge is 0.508 e. The van der Waals surface area contributed by atoms with Gasteiger partial charge in [-0.1, -0.05) is 0 Å². The van der Waals surface area contributed by atoms with E-state index in [4.69, 9.17) is 28.4 Å². The molecule has 29 heavy (non-hydrogen) atoms. The predicted octanol–water partition coefficient (Wildman–Crippen LogP) is 3.60. The molecule has 2 saturated carbocycles. The van der Waals surface area contributed by atoms with Crippen molar-refractivity contribution in [1.29, 1.82) is 0 Å². The molecule has 0 amide bonds. The molecule has 0 N–H and O–H groups in total. The third-order valence-corrected chi connectivity index (χ3v) is 6.59. The maximum Gasteiger partial charge on any atom is 0.508 e. The molecule has 2 atom stereocenters. The van der Waals surface area contributed by atoms with Crippen LogP contribution < -0.4 is 0 Å². The Balaban J connectivity index is 1.06. The fourth-order valence-electron chi connectivity index (χ4n) is 4.92. The summed E-state index contributed by atoms with van der Waals surface area (Å²) in [6.45, 7) is 1.49. The van der Waals surface area contributed by atoms with Crippen LogP contribution in [0.5, 0.6) is 0 Å². The lowest BCUT2D eigenvalue weighted by molar-refractivity contribution is -0.0302. The number of cyclic esters (lactones) is 4. The Morgan fingerprint density at radius 2 is 1.07 bits per heavy atom. The Hall–Kier alpha value is -1.54. The molecule has 2 saturated heterocycles. The van der Waals surface area contributed by atoms with Crippen molar-refractivity contribution >= 4 is 12.3 Å². The SMILES string of the molecule is O=C1OCC(COC2CCC(CC3CCC(OCC4COC(=O)O4)CC3)CC2)O1. The molecule has 0 aromatic carbocycles. The molecule has 0 spiro atoms. The molecule has 0 radical (unpaired) electrons. The van der Waals surface area contributed by atoms with E-state index in [0.717, 1.165) is 37.5 Å². The summed E-state index contributed by atoms with van der Waals surface area (Å²) >= 11 is 0. The summed E-state index contributed by atoms with van der Waals surface area (Å²) in [5.41, 5.74) is 0. The van der Waals surface area contributed by atoms with E-state index in [-0.39, 0.29) is 24.4 Å². The number of hydrogen-bond donors (Lipinski definition) is 0. The van der Waals surface area contributed by atoms with Crippen LogP contribution in [0.15, 0.2) is 0 Å². The van der Waals surface area contributed by atoms with Crippen molar-refractivity contribution in [2.24, 2.45) is 11.8 Å². The van der Waals surface area contributed by atoms with Crippen LogP contribution in [-0.4, -0.2) is 63.2 Å². The zero-order chi connectivity index (χ0) is 20.1. The molecular weight excluding hydrogens is 380 g/mol. The Labute approximate surface area is 171 Å². The molecule has 2 heterocycles. The predicted molar refractivity (Wildman–Crippen MR) is 100 cm³/mol. The van der Waals surface area contributed by atoms with E-state index in [1.807, 2.05) is 0 Å². The van der Waals surface area contributed by atoms with E-state index < -0.39 is 12.3 Å². The Kier molecular flexibility index (Phi) is 7.13. The van der Waals surface area contributed by atoms with Gasteiger partial charge in [0.2, 0.25) is 0 Å². The lowest BCUT2D eigenvalue weighted by atomic mass is 9.76. The highest BCUT2D eigenvalue weighted by molar-refractivity contribution is 5.62. The van der Waals surface area contributed by atoms with Crippen LogP contribution in [0.2, 0.25) is 0 Å². The Morgan fingerprint density at radius 1 is 0.655 bits per heavy atom. The van der Waals surface area contributed by atoms with Crippen molar-refractivity contribution in [3.05, 3.63) is 0 Å². The summed E-state index contributed by atoms with van der Waals surface area (Å²) in [4.78, 5) is 21.9. The summed E-state index contributed by atoms with van der Waals surface area (Å²) in [5.74, 6) is 1.58. The van der Waals surface area contributed by atoms with E-state index in [2.05, 4.69) is 0 Å². The first-order valence-corrected chi connectivity index (χ1v) is 11.0. The third kappa shape index (κ3) is 6.22. The Morgan fingerprint density at radius 3 is 1.41 bits per heavy atom. The second-order valence-corrected chi connectivity index (χ2v) is 8.79. The van der Waals surface area contributed by atoms with E-state index in [9.17, 15) is 9.59 Å². The van der Waals surface area contributed by atoms with E-state index in [1.165, 1.54) is 32.1 Å². The van der Waals surface area contributed by atoms with Gasteiger partial charge >= 0.3 is 12.3 Å². The van der Waals surface area contributed by atoms with Crippen molar-refractivity contribution in [1.82, 2.24) is 0 Å². The van der Waals surface area contributed by atoms with E-state index >= 15 is 0 Å². The third-order valence-electron chi connectivity index (χ3n) is 6.59. The minimum Gasteiger partial charge on any atom is -0.430 e. The van der Waals surface area contributed by atoms with Gasteiger partial charge in [0, 0.05) is 0 Å². The monoisotopic (exact) mass is 412 g/mol. The number of carbonyl (C=O) groups excluding carboxylic acids is 2. The van der Waals surface area contributed by atoms with Crippen molar-refractivity contribution in [3.63, 3.8) is 0 Å². The van der Waals surface area contributed by atoms with Crippen LogP contribution >= 0.6 is 0 Å². The van der Waals surface area contributed by atoms with Gasteiger partial charge in [0.05, 0.1) is 25.4 Å². The molecule has 4 rings (SSSR count). The van der Waals surface area contributed by atoms with Crippen LogP contribution in [0, 0.1) is 11.8 Å². The molecule has 0 aromatic rings. The molecule has 164 valence electrons. The van der Waals surface area contributed by atoms with Crippen LogP contribution in [0.25, 0.3) is 0 Å². The lowest BCUT2D eigenvalue weighted by Crippen LogP contribution is -2.29. The quantitative estimate of drug-likeness (QED) is 0.559. The molecule has 0 bridgehead atoms. The first-order valence-electron chi connectivity index (χ1n) is 11.0. The standard InChI is InChI=1S/C21H32O8/c22-20-26-12-18(28-20)10-24-16-5-1-14(2-6-16)9-15-3-7-17(8-4-15)25-11-19-13-27-21(23)29-19/h14-19H,1-13H2. The fraction of sp³-hybridized carbons (Fsp3) is 0.905. The summed E-state index contributed by atoms with van der Waals surface area (Å²) < 4.78 is 31.4. The summed E-state index contributed by atoms with van der Waals surface area (Å²) in [6.07, 6.45) is 9.44. The highest BCUT2D eigenvalue weighted by Gasteiger charge is 2.31. The summed E-state index contributed by atoms with van der Waals surface area (Å²) in [5, 5.41) is 0. The highest BCUT2D eigenvalue weighted by atomic mass is 16.8. The van der Waals surface area contributed by atoms with E-state index in [0.29, 0.717) is 26.4 Å². The summed E-state index contributed by atoms with van der Waals surface area (Å²) in [7, 11) is 0. The normalized spacial score (nSPS) is 37.5. The molecule has 8 nitrogen and oxygen atoms in total. The minimum absolute atomic E-state index is 0.245. The van der Waals surface area contributed by atoms with Crippen molar-refractivity contribution in [3.8, 4) is 0 Å². The van der Waals surface area contributed by atoms with Crippen LogP contribution in [0.3, 0.4) is 0 Å². The highest BCUT2D eigenvalue weighted by Crippen LogP contribution is 2.36. The zero-order valence-electron chi connectivity index (χ0n) is 16.9. The van der Waals surface area contributed by atoms with Gasteiger partial charge in [-0.05, 0) is 69.6 Å². The van der Waals surface area contributed by atoms with Crippen molar-refractivity contribution in [2.75, 3.05) is 26.4 Å². The second-order valence-electron chi connectivity index (χ2n) is 8.79. The van der Waals surface area contributed by atoms with Crippen molar-refractivity contribution < 1.29 is 38.0 Å². The van der Waals surface area contributed by atoms with Crippen LogP contribution in [0.4, 0.5) is 9.59 Å². The molecule has 2 unspecified atom stereocenters. The van der Waals surface area contributed by atoms with Gasteiger partial charge in [0.1, 0.15) is 13.2 Å². The molecule has 2 aliphatic carbocycles. The number of hydrogen-bond acceptors (Lipinski definition) is 8. The number of carbonyl (C=O) groups is 2. The molecule has 4 aliphatic rings. The van der Waals surface area contributed by atoms with Gasteiger partial charge in [0.15, 0.2) is 12.2 Å². The maximum atomic E-state index is 10.9. The smallest absolute Gasteiger partial charge is 0.430 e. The van der Waals surface area contributed by atoms with Gasteiger partial charge in [-0.3, -0.25) is 0 Å². The molecule has 8 heteroatoms. The first-order chi connectivity index (χ1) is 14.1. The molecule has 2 aliphatic heterocycles.